The smallest absolute Gasteiger partial charge is 0.171 e. The Morgan fingerprint density at radius 1 is 0.559 bits per heavy atom. The van der Waals surface area contributed by atoms with Crippen LogP contribution in [0.5, 0.6) is 0 Å². The van der Waals surface area contributed by atoms with Crippen molar-refractivity contribution in [2.75, 3.05) is 69.5 Å². The van der Waals surface area contributed by atoms with E-state index < -0.39 is 11.6 Å². The summed E-state index contributed by atoms with van der Waals surface area (Å²) in [5, 5.41) is 0. The van der Waals surface area contributed by atoms with Gasteiger partial charge in [-0.3, -0.25) is 0 Å². The Morgan fingerprint density at radius 3 is 1.34 bits per heavy atom. The van der Waals surface area contributed by atoms with Crippen molar-refractivity contribution in [1.82, 2.24) is 0 Å². The Morgan fingerprint density at radius 2 is 0.966 bits per heavy atom. The van der Waals surface area contributed by atoms with E-state index in [1.54, 1.807) is 61.9 Å². The Kier molecular flexibility index (Phi) is 12.7. The molecular weight excluding hydrogens is 745 g/mol. The molecule has 0 N–H and O–H groups in total. The molecule has 9 nitrogen and oxygen atoms in total. The summed E-state index contributed by atoms with van der Waals surface area (Å²) in [6, 6.07) is 0. The maximum atomic E-state index is 6.69. The predicted molar refractivity (Wildman–Crippen MR) is 228 cm³/mol. The van der Waals surface area contributed by atoms with Crippen LogP contribution in [0.15, 0.2) is 45.6 Å². The van der Waals surface area contributed by atoms with E-state index in [1.165, 1.54) is 25.7 Å². The largest absolute Gasteiger partial charge is 0.384 e. The van der Waals surface area contributed by atoms with Crippen molar-refractivity contribution < 1.29 is 42.6 Å². The van der Waals surface area contributed by atoms with E-state index in [-0.39, 0.29) is 47.5 Å². The van der Waals surface area contributed by atoms with Crippen LogP contribution in [-0.2, 0) is 42.6 Å². The molecule has 0 saturated heterocycles. The molecule has 0 aromatic carbocycles. The first-order valence-corrected chi connectivity index (χ1v) is 23.2. The summed E-state index contributed by atoms with van der Waals surface area (Å²) >= 11 is 0. The van der Waals surface area contributed by atoms with Crippen LogP contribution >= 0.6 is 0 Å². The van der Waals surface area contributed by atoms with Crippen molar-refractivity contribution in [1.29, 1.82) is 0 Å². The Labute approximate surface area is 356 Å². The van der Waals surface area contributed by atoms with Gasteiger partial charge < -0.3 is 42.6 Å². The first-order chi connectivity index (χ1) is 28.4. The van der Waals surface area contributed by atoms with Crippen LogP contribution in [0.4, 0.5) is 0 Å². The Balaban J connectivity index is 0.901. The summed E-state index contributed by atoms with van der Waals surface area (Å²) in [6.45, 7) is 11.4. The van der Waals surface area contributed by atoms with Gasteiger partial charge in [0.05, 0.1) is 25.4 Å². The molecule has 0 aromatic rings. The lowest BCUT2D eigenvalue weighted by atomic mass is 9.52. The molecule has 8 rings (SSSR count). The molecule has 10 atom stereocenters. The molecule has 59 heavy (non-hydrogen) atoms. The van der Waals surface area contributed by atoms with Crippen LogP contribution in [0.25, 0.3) is 0 Å². The molecule has 8 aliphatic rings. The Bertz CT molecular complexity index is 1550. The number of fused-ring (bicyclic) bond motifs is 8. The van der Waals surface area contributed by atoms with Gasteiger partial charge in [0.15, 0.2) is 11.6 Å². The maximum absolute atomic E-state index is 6.69. The molecule has 332 valence electrons. The summed E-state index contributed by atoms with van der Waals surface area (Å²) < 4.78 is 55.4. The average Bonchev–Trinajstić information content (AvgIpc) is 3.74. The van der Waals surface area contributed by atoms with E-state index in [0.717, 1.165) is 77.0 Å². The third-order valence-corrected chi connectivity index (χ3v) is 19.2. The molecule has 9 heteroatoms. The molecule has 0 spiro atoms. The molecule has 0 amide bonds. The number of hydrogen-bond donors (Lipinski definition) is 0. The zero-order valence-electron chi connectivity index (χ0n) is 38.4. The monoisotopic (exact) mass is 823 g/mol. The van der Waals surface area contributed by atoms with E-state index in [2.05, 4.69) is 39.8 Å². The van der Waals surface area contributed by atoms with Crippen molar-refractivity contribution in [3.8, 4) is 0 Å². The topological polar surface area (TPSA) is 83.1 Å². The fraction of sp³-hybridized carbons (Fsp3) is 0.840. The van der Waals surface area contributed by atoms with Gasteiger partial charge in [0.1, 0.15) is 13.6 Å². The molecule has 0 aliphatic heterocycles. The molecule has 0 radical (unpaired) electrons. The average molecular weight is 823 g/mol. The number of ether oxygens (including phenoxy) is 9. The van der Waals surface area contributed by atoms with Crippen LogP contribution in [0.1, 0.15) is 130 Å². The van der Waals surface area contributed by atoms with Gasteiger partial charge in [-0.15, -0.1) is 0 Å². The molecule has 8 aliphatic carbocycles. The highest BCUT2D eigenvalue weighted by molar-refractivity contribution is 5.46. The minimum Gasteiger partial charge on any atom is -0.384 e. The van der Waals surface area contributed by atoms with E-state index in [4.69, 9.17) is 42.6 Å². The minimum absolute atomic E-state index is 0.0184. The first kappa shape index (κ1) is 44.2. The third kappa shape index (κ3) is 6.88. The summed E-state index contributed by atoms with van der Waals surface area (Å²) in [5.74, 6) is 1.48. The second-order valence-electron chi connectivity index (χ2n) is 20.5. The van der Waals surface area contributed by atoms with Gasteiger partial charge in [0.2, 0.25) is 0 Å². The molecule has 2 fully saturated rings. The highest BCUT2D eigenvalue weighted by atomic mass is 16.7. The lowest BCUT2D eigenvalue weighted by molar-refractivity contribution is -0.219. The van der Waals surface area contributed by atoms with E-state index in [1.807, 2.05) is 14.2 Å². The number of methoxy groups -OCH3 is 6. The van der Waals surface area contributed by atoms with Gasteiger partial charge in [0.25, 0.3) is 0 Å². The third-order valence-electron chi connectivity index (χ3n) is 19.2. The molecule has 0 aromatic heterocycles. The summed E-state index contributed by atoms with van der Waals surface area (Å²) in [7, 11) is 10.9. The van der Waals surface area contributed by atoms with Gasteiger partial charge in [-0.25, -0.2) is 0 Å². The normalized spacial score (nSPS) is 39.3. The highest BCUT2D eigenvalue weighted by Gasteiger charge is 2.64. The standard InChI is InChI=1S/C50H78O9/c1-33(47(29-51-5)23-19-43-41-13-11-35-27-49(53-7,54-8)25-17-37(35)39(41)15-21-45(43,47)3)58-31-57-32-59-34(2)48(30-52-6)24-20-44-42-14-12-36-28-50(55-9,56-10)26-18-38(36)40(42)16-22-46(44,48)4/h15-16,33-34,41-44H,11-14,17-32H2,1-10H3/t33-,34+,41?,42?,43?,44?,45-,46-,47+,48-/m0/s1. The van der Waals surface area contributed by atoms with Gasteiger partial charge >= 0.3 is 0 Å². The van der Waals surface area contributed by atoms with Gasteiger partial charge in [-0.1, -0.05) is 37.1 Å². The number of rotatable bonds is 16. The van der Waals surface area contributed by atoms with Gasteiger partial charge in [-0.2, -0.15) is 0 Å². The van der Waals surface area contributed by atoms with Crippen molar-refractivity contribution in [3.63, 3.8) is 0 Å². The zero-order chi connectivity index (χ0) is 41.8. The predicted octanol–water partition coefficient (Wildman–Crippen LogP) is 10.2. The molecule has 2 saturated carbocycles. The van der Waals surface area contributed by atoms with Crippen LogP contribution in [-0.4, -0.2) is 93.2 Å². The second-order valence-corrected chi connectivity index (χ2v) is 20.5. The molecule has 0 heterocycles. The Hall–Kier alpha value is -1.40. The summed E-state index contributed by atoms with van der Waals surface area (Å²) in [5.41, 5.74) is 9.55. The van der Waals surface area contributed by atoms with Crippen molar-refractivity contribution in [3.05, 3.63) is 45.6 Å². The van der Waals surface area contributed by atoms with Gasteiger partial charge in [0, 0.05) is 79.2 Å². The fourth-order valence-electron chi connectivity index (χ4n) is 15.5. The molecule has 0 bridgehead atoms. The van der Waals surface area contributed by atoms with E-state index in [0.29, 0.717) is 36.9 Å². The van der Waals surface area contributed by atoms with Crippen LogP contribution in [0, 0.1) is 45.3 Å². The lowest BCUT2D eigenvalue weighted by Crippen LogP contribution is -2.53. The maximum Gasteiger partial charge on any atom is 0.171 e. The SMILES string of the molecule is COC[C@@]1([C@H](C)OCOCO[C@H](C)[C@@]2(COC)CCC3C4CCC5=C(CCC(OC)(OC)C5)C4=CC[C@@]32C)CCC2C3CCC4=C(CCC(OC)(OC)C4)C3=CC[C@@]21C. The zero-order valence-corrected chi connectivity index (χ0v) is 38.4. The minimum atomic E-state index is -0.466. The summed E-state index contributed by atoms with van der Waals surface area (Å²) in [6.07, 6.45) is 22.3. The lowest BCUT2D eigenvalue weighted by Gasteiger charge is -2.54. The first-order valence-electron chi connectivity index (χ1n) is 23.2. The number of hydrogen-bond acceptors (Lipinski definition) is 9. The van der Waals surface area contributed by atoms with Crippen molar-refractivity contribution in [2.24, 2.45) is 45.3 Å². The van der Waals surface area contributed by atoms with E-state index >= 15 is 0 Å². The highest BCUT2D eigenvalue weighted by Crippen LogP contribution is 2.69. The van der Waals surface area contributed by atoms with Crippen LogP contribution in [0.3, 0.4) is 0 Å². The van der Waals surface area contributed by atoms with Crippen molar-refractivity contribution in [2.45, 2.75) is 154 Å². The van der Waals surface area contributed by atoms with E-state index in [9.17, 15) is 0 Å². The van der Waals surface area contributed by atoms with Gasteiger partial charge in [-0.05, 0) is 148 Å². The molecular formula is C50H78O9. The number of allylic oxidation sites excluding steroid dienone is 6. The van der Waals surface area contributed by atoms with Crippen molar-refractivity contribution >= 4 is 0 Å². The van der Waals surface area contributed by atoms with Crippen LogP contribution in [0.2, 0.25) is 0 Å². The van der Waals surface area contributed by atoms with Crippen LogP contribution < -0.4 is 0 Å². The fourth-order valence-corrected chi connectivity index (χ4v) is 15.5. The quantitative estimate of drug-likeness (QED) is 0.112. The second kappa shape index (κ2) is 17.0. The molecule has 4 unspecified atom stereocenters. The summed E-state index contributed by atoms with van der Waals surface area (Å²) in [4.78, 5) is 0.